The van der Waals surface area contributed by atoms with Crippen molar-refractivity contribution in [1.29, 1.82) is 0 Å². The van der Waals surface area contributed by atoms with Gasteiger partial charge in [-0.25, -0.2) is 0 Å². The number of hydrogen-bond acceptors (Lipinski definition) is 2. The van der Waals surface area contributed by atoms with Crippen LogP contribution >= 0.6 is 11.6 Å². The van der Waals surface area contributed by atoms with E-state index in [1.807, 2.05) is 0 Å². The molecular weight excluding hydrogens is 140 g/mol. The highest BCUT2D eigenvalue weighted by Gasteiger charge is 2.03. The lowest BCUT2D eigenvalue weighted by Crippen LogP contribution is -1.97. The summed E-state index contributed by atoms with van der Waals surface area (Å²) < 4.78 is 4.78. The van der Waals surface area contributed by atoms with E-state index < -0.39 is 5.24 Å². The number of rotatable bonds is 1. The fourth-order valence-corrected chi connectivity index (χ4v) is 0.669. The van der Waals surface area contributed by atoms with Crippen LogP contribution in [0.3, 0.4) is 0 Å². The van der Waals surface area contributed by atoms with Crippen LogP contribution in [0.15, 0.2) is 24.0 Å². The Balaban J connectivity index is 2.69. The van der Waals surface area contributed by atoms with E-state index in [1.54, 1.807) is 12.2 Å². The van der Waals surface area contributed by atoms with Crippen LogP contribution in [-0.2, 0) is 9.53 Å². The smallest absolute Gasteiger partial charge is 0.252 e. The van der Waals surface area contributed by atoms with Crippen molar-refractivity contribution in [2.75, 3.05) is 6.61 Å². The molecule has 0 aliphatic carbocycles. The highest BCUT2D eigenvalue weighted by atomic mass is 35.5. The van der Waals surface area contributed by atoms with Crippen molar-refractivity contribution in [3.63, 3.8) is 0 Å². The molecule has 0 aromatic heterocycles. The largest absolute Gasteiger partial charge is 0.497 e. The summed E-state index contributed by atoms with van der Waals surface area (Å²) >= 11 is 5.14. The first-order valence-electron chi connectivity index (χ1n) is 2.49. The molecule has 48 valence electrons. The van der Waals surface area contributed by atoms with Crippen molar-refractivity contribution < 1.29 is 9.53 Å². The van der Waals surface area contributed by atoms with Crippen LogP contribution < -0.4 is 0 Å². The normalized spacial score (nSPS) is 16.3. The third-order valence-electron chi connectivity index (χ3n) is 0.970. The van der Waals surface area contributed by atoms with Crippen LogP contribution in [-0.4, -0.2) is 11.8 Å². The van der Waals surface area contributed by atoms with Gasteiger partial charge in [-0.05, 0) is 23.8 Å². The van der Waals surface area contributed by atoms with Gasteiger partial charge in [0.05, 0.1) is 6.26 Å². The van der Waals surface area contributed by atoms with Gasteiger partial charge in [0.25, 0.3) is 5.24 Å². The molecule has 0 N–H and O–H groups in total. The first-order chi connectivity index (χ1) is 4.30. The van der Waals surface area contributed by atoms with Gasteiger partial charge in [-0.3, -0.25) is 4.79 Å². The molecule has 0 unspecified atom stereocenters. The van der Waals surface area contributed by atoms with Gasteiger partial charge in [0.1, 0.15) is 6.61 Å². The molecule has 1 rings (SSSR count). The van der Waals surface area contributed by atoms with Crippen LogP contribution in [0.4, 0.5) is 0 Å². The van der Waals surface area contributed by atoms with Crippen molar-refractivity contribution in [3.05, 3.63) is 24.0 Å². The molecule has 0 saturated heterocycles. The molecule has 0 aromatic rings. The Kier molecular flexibility index (Phi) is 1.90. The molecular formula is C6H5ClO2. The van der Waals surface area contributed by atoms with Crippen LogP contribution in [0, 0.1) is 0 Å². The maximum atomic E-state index is 10.4. The zero-order valence-corrected chi connectivity index (χ0v) is 5.39. The summed E-state index contributed by atoms with van der Waals surface area (Å²) in [6.45, 7) is 0.435. The fourth-order valence-electron chi connectivity index (χ4n) is 0.529. The van der Waals surface area contributed by atoms with Gasteiger partial charge in [-0.15, -0.1) is 0 Å². The number of hydrogen-bond donors (Lipinski definition) is 0. The minimum Gasteiger partial charge on any atom is -0.497 e. The Morgan fingerprint density at radius 1 is 1.78 bits per heavy atom. The quantitative estimate of drug-likeness (QED) is 0.518. The van der Waals surface area contributed by atoms with E-state index in [2.05, 4.69) is 0 Å². The predicted octanol–water partition coefficient (Wildman–Crippen LogP) is 1.22. The molecule has 0 amide bonds. The van der Waals surface area contributed by atoms with Gasteiger partial charge in [0.2, 0.25) is 0 Å². The number of halogens is 1. The van der Waals surface area contributed by atoms with E-state index in [0.717, 1.165) is 0 Å². The fraction of sp³-hybridized carbons (Fsp3) is 0.167. The predicted molar refractivity (Wildman–Crippen MR) is 34.0 cm³/mol. The molecule has 0 saturated carbocycles. The lowest BCUT2D eigenvalue weighted by molar-refractivity contribution is -0.108. The molecule has 0 aromatic carbocycles. The zero-order valence-electron chi connectivity index (χ0n) is 4.63. The molecule has 2 nitrogen and oxygen atoms in total. The highest BCUT2D eigenvalue weighted by molar-refractivity contribution is 6.68. The van der Waals surface area contributed by atoms with Crippen molar-refractivity contribution in [3.8, 4) is 0 Å². The minimum absolute atomic E-state index is 0.435. The SMILES string of the molecule is O=C(Cl)C1=CCOC=C1. The molecule has 1 aliphatic rings. The number of carbonyl (C=O) groups is 1. The number of carbonyl (C=O) groups excluding carboxylic acids is 1. The maximum absolute atomic E-state index is 10.4. The summed E-state index contributed by atoms with van der Waals surface area (Å²) in [6, 6.07) is 0. The summed E-state index contributed by atoms with van der Waals surface area (Å²) in [5.74, 6) is 0. The van der Waals surface area contributed by atoms with Crippen LogP contribution in [0.1, 0.15) is 0 Å². The van der Waals surface area contributed by atoms with Crippen LogP contribution in [0.2, 0.25) is 0 Å². The summed E-state index contributed by atoms with van der Waals surface area (Å²) in [5.41, 5.74) is 0.503. The van der Waals surface area contributed by atoms with Crippen molar-refractivity contribution in [1.82, 2.24) is 0 Å². The Morgan fingerprint density at radius 2 is 2.56 bits per heavy atom. The first kappa shape index (κ1) is 6.36. The molecule has 0 radical (unpaired) electrons. The summed E-state index contributed by atoms with van der Waals surface area (Å²) in [4.78, 5) is 10.4. The number of allylic oxidation sites excluding steroid dienone is 2. The van der Waals surface area contributed by atoms with E-state index in [0.29, 0.717) is 12.2 Å². The van der Waals surface area contributed by atoms with Gasteiger partial charge in [-0.1, -0.05) is 0 Å². The van der Waals surface area contributed by atoms with Gasteiger partial charge >= 0.3 is 0 Å². The lowest BCUT2D eigenvalue weighted by Gasteiger charge is -2.01. The van der Waals surface area contributed by atoms with Crippen molar-refractivity contribution >= 4 is 16.8 Å². The van der Waals surface area contributed by atoms with E-state index in [9.17, 15) is 4.79 Å². The summed E-state index contributed by atoms with van der Waals surface area (Å²) in [7, 11) is 0. The van der Waals surface area contributed by atoms with E-state index in [4.69, 9.17) is 16.3 Å². The minimum atomic E-state index is -0.436. The Morgan fingerprint density at radius 3 is 2.89 bits per heavy atom. The molecule has 3 heteroatoms. The van der Waals surface area contributed by atoms with Crippen LogP contribution in [0.25, 0.3) is 0 Å². The molecule has 0 spiro atoms. The van der Waals surface area contributed by atoms with Gasteiger partial charge in [-0.2, -0.15) is 0 Å². The Hall–Kier alpha value is -0.760. The molecule has 9 heavy (non-hydrogen) atoms. The summed E-state index contributed by atoms with van der Waals surface area (Å²) in [5, 5.41) is -0.436. The van der Waals surface area contributed by atoms with Crippen molar-refractivity contribution in [2.45, 2.75) is 0 Å². The van der Waals surface area contributed by atoms with E-state index in [-0.39, 0.29) is 0 Å². The standard InChI is InChI=1S/C6H5ClO2/c7-6(8)5-1-3-9-4-2-5/h1-3H,4H2. The second-order valence-electron chi connectivity index (χ2n) is 1.57. The third kappa shape index (κ3) is 1.57. The molecule has 0 atom stereocenters. The monoisotopic (exact) mass is 144 g/mol. The lowest BCUT2D eigenvalue weighted by atomic mass is 10.2. The second kappa shape index (κ2) is 2.69. The van der Waals surface area contributed by atoms with Gasteiger partial charge in [0.15, 0.2) is 0 Å². The Labute approximate surface area is 57.8 Å². The topological polar surface area (TPSA) is 26.3 Å². The second-order valence-corrected chi connectivity index (χ2v) is 1.91. The van der Waals surface area contributed by atoms with E-state index >= 15 is 0 Å². The zero-order chi connectivity index (χ0) is 6.69. The maximum Gasteiger partial charge on any atom is 0.252 e. The Bertz CT molecular complexity index is 181. The van der Waals surface area contributed by atoms with Crippen LogP contribution in [0.5, 0.6) is 0 Å². The average Bonchev–Trinajstić information content (AvgIpc) is 1.90. The van der Waals surface area contributed by atoms with Gasteiger partial charge < -0.3 is 4.74 Å². The molecule has 1 aliphatic heterocycles. The van der Waals surface area contributed by atoms with Crippen molar-refractivity contribution in [2.24, 2.45) is 0 Å². The first-order valence-corrected chi connectivity index (χ1v) is 2.86. The number of ether oxygens (including phenoxy) is 1. The summed E-state index contributed by atoms with van der Waals surface area (Å²) in [6.07, 6.45) is 4.63. The molecule has 1 heterocycles. The highest BCUT2D eigenvalue weighted by Crippen LogP contribution is 2.06. The molecule has 0 fully saturated rings. The van der Waals surface area contributed by atoms with Gasteiger partial charge in [0, 0.05) is 5.57 Å². The van der Waals surface area contributed by atoms with E-state index in [1.165, 1.54) is 6.26 Å². The average molecular weight is 145 g/mol. The third-order valence-corrected chi connectivity index (χ3v) is 1.19. The molecule has 0 bridgehead atoms.